The molecule has 0 radical (unpaired) electrons. The Balaban J connectivity index is 2.28. The predicted molar refractivity (Wildman–Crippen MR) is 73.1 cm³/mol. The number of methoxy groups -OCH3 is 1. The van der Waals surface area contributed by atoms with Gasteiger partial charge in [0.1, 0.15) is 6.10 Å². The number of nitriles is 1. The highest BCUT2D eigenvalue weighted by Gasteiger charge is 2.50. The molecule has 1 heterocycles. The summed E-state index contributed by atoms with van der Waals surface area (Å²) in [6.45, 7) is 0. The molecule has 0 amide bonds. The molecule has 0 aromatic heterocycles. The van der Waals surface area contributed by atoms with Gasteiger partial charge in [-0.25, -0.2) is 0 Å². The summed E-state index contributed by atoms with van der Waals surface area (Å²) >= 11 is 0. The van der Waals surface area contributed by atoms with Crippen molar-refractivity contribution in [3.05, 3.63) is 35.4 Å². The molecule has 4 nitrogen and oxygen atoms in total. The van der Waals surface area contributed by atoms with Crippen LogP contribution < -0.4 is 9.47 Å². The third-order valence-electron chi connectivity index (χ3n) is 4.18. The lowest BCUT2D eigenvalue weighted by molar-refractivity contribution is 0.112. The molecule has 1 aromatic rings. The highest BCUT2D eigenvalue weighted by molar-refractivity contribution is 5.82. The minimum atomic E-state index is -0.521. The number of allylic oxidation sites excluding steroid dienone is 1. The Kier molecular flexibility index (Phi) is 2.98. The zero-order valence-electron chi connectivity index (χ0n) is 11.3. The second kappa shape index (κ2) is 4.68. The molecule has 1 aliphatic carbocycles. The Bertz CT molecular complexity index is 629. The fourth-order valence-corrected chi connectivity index (χ4v) is 3.28. The van der Waals surface area contributed by atoms with E-state index in [9.17, 15) is 10.1 Å². The molecule has 0 bridgehead atoms. The van der Waals surface area contributed by atoms with Gasteiger partial charge in [0, 0.05) is 11.1 Å². The number of aldehydes is 1. The lowest BCUT2D eigenvalue weighted by Gasteiger charge is -2.32. The van der Waals surface area contributed by atoms with Gasteiger partial charge >= 0.3 is 0 Å². The molecule has 0 saturated carbocycles. The topological polar surface area (TPSA) is 59.3 Å². The van der Waals surface area contributed by atoms with Crippen molar-refractivity contribution < 1.29 is 14.3 Å². The summed E-state index contributed by atoms with van der Waals surface area (Å²) in [5.74, 6) is 1.23. The molecule has 102 valence electrons. The van der Waals surface area contributed by atoms with E-state index in [-0.39, 0.29) is 6.10 Å². The number of nitrogens with zero attached hydrogens (tertiary/aromatic N) is 1. The number of ether oxygens (including phenoxy) is 2. The van der Waals surface area contributed by atoms with Crippen LogP contribution >= 0.6 is 0 Å². The third kappa shape index (κ3) is 1.56. The summed E-state index contributed by atoms with van der Waals surface area (Å²) in [5, 5.41) is 9.22. The van der Waals surface area contributed by atoms with E-state index in [1.165, 1.54) is 0 Å². The molecular weight excluding hydrogens is 254 g/mol. The summed E-state index contributed by atoms with van der Waals surface area (Å²) in [7, 11) is 1.58. The van der Waals surface area contributed by atoms with Crippen LogP contribution in [0.4, 0.5) is 0 Å². The molecule has 4 heteroatoms. The van der Waals surface area contributed by atoms with E-state index >= 15 is 0 Å². The van der Waals surface area contributed by atoms with E-state index in [2.05, 4.69) is 12.1 Å². The van der Waals surface area contributed by atoms with Crippen LogP contribution in [0, 0.1) is 11.3 Å². The lowest BCUT2D eigenvalue weighted by atomic mass is 9.69. The van der Waals surface area contributed by atoms with Crippen LogP contribution in [0.3, 0.4) is 0 Å². The zero-order valence-corrected chi connectivity index (χ0v) is 11.3. The van der Waals surface area contributed by atoms with E-state index in [0.717, 1.165) is 24.7 Å². The highest BCUT2D eigenvalue weighted by Crippen LogP contribution is 2.54. The maximum Gasteiger partial charge on any atom is 0.166 e. The molecule has 0 saturated heterocycles. The van der Waals surface area contributed by atoms with Crippen LogP contribution in [0.25, 0.3) is 0 Å². The van der Waals surface area contributed by atoms with Crippen LogP contribution in [0.15, 0.2) is 24.3 Å². The van der Waals surface area contributed by atoms with Crippen LogP contribution in [-0.4, -0.2) is 19.5 Å². The normalized spacial score (nSPS) is 26.1. The van der Waals surface area contributed by atoms with Crippen molar-refractivity contribution in [2.24, 2.45) is 0 Å². The first-order valence-corrected chi connectivity index (χ1v) is 6.65. The Labute approximate surface area is 117 Å². The van der Waals surface area contributed by atoms with Gasteiger partial charge in [0.25, 0.3) is 0 Å². The van der Waals surface area contributed by atoms with Crippen molar-refractivity contribution in [1.82, 2.24) is 0 Å². The summed E-state index contributed by atoms with van der Waals surface area (Å²) in [4.78, 5) is 11.4. The predicted octanol–water partition coefficient (Wildman–Crippen LogP) is 2.77. The number of hydrogen-bond acceptors (Lipinski definition) is 4. The van der Waals surface area contributed by atoms with Crippen molar-refractivity contribution in [2.75, 3.05) is 7.11 Å². The number of benzene rings is 1. The Morgan fingerprint density at radius 2 is 2.45 bits per heavy atom. The maximum absolute atomic E-state index is 11.4. The highest BCUT2D eigenvalue weighted by atomic mass is 16.5. The summed E-state index contributed by atoms with van der Waals surface area (Å²) in [5.41, 5.74) is 0.854. The van der Waals surface area contributed by atoms with Crippen molar-refractivity contribution in [2.45, 2.75) is 30.8 Å². The molecule has 1 aromatic carbocycles. The van der Waals surface area contributed by atoms with Gasteiger partial charge < -0.3 is 9.47 Å². The minimum Gasteiger partial charge on any atom is -0.493 e. The molecule has 0 N–H and O–H groups in total. The van der Waals surface area contributed by atoms with Crippen molar-refractivity contribution in [3.63, 3.8) is 0 Å². The van der Waals surface area contributed by atoms with E-state index in [1.807, 2.05) is 6.08 Å². The SMILES string of the molecule is COc1ccc(C=O)c2c1OC1CCC=C[C@@]21CC#N. The first kappa shape index (κ1) is 12.7. The van der Waals surface area contributed by atoms with Gasteiger partial charge in [0.15, 0.2) is 17.8 Å². The Morgan fingerprint density at radius 3 is 3.15 bits per heavy atom. The van der Waals surface area contributed by atoms with Gasteiger partial charge in [-0.2, -0.15) is 5.26 Å². The monoisotopic (exact) mass is 269 g/mol. The van der Waals surface area contributed by atoms with Crippen LogP contribution in [0.2, 0.25) is 0 Å². The number of rotatable bonds is 3. The first-order valence-electron chi connectivity index (χ1n) is 6.65. The number of carbonyl (C=O) groups excluding carboxylic acids is 1. The van der Waals surface area contributed by atoms with Gasteiger partial charge in [-0.15, -0.1) is 0 Å². The van der Waals surface area contributed by atoms with Gasteiger partial charge in [-0.1, -0.05) is 12.2 Å². The number of carbonyl (C=O) groups is 1. The molecule has 0 spiro atoms. The van der Waals surface area contributed by atoms with Crippen molar-refractivity contribution in [3.8, 4) is 17.6 Å². The number of hydrogen-bond donors (Lipinski definition) is 0. The molecule has 2 aliphatic rings. The van der Waals surface area contributed by atoms with Gasteiger partial charge in [0.2, 0.25) is 0 Å². The van der Waals surface area contributed by atoms with Crippen LogP contribution in [0.5, 0.6) is 11.5 Å². The number of fused-ring (bicyclic) bond motifs is 3. The second-order valence-electron chi connectivity index (χ2n) is 5.14. The van der Waals surface area contributed by atoms with E-state index in [0.29, 0.717) is 23.5 Å². The van der Waals surface area contributed by atoms with Crippen molar-refractivity contribution >= 4 is 6.29 Å². The Hall–Kier alpha value is -2.28. The molecule has 3 rings (SSSR count). The average Bonchev–Trinajstić information content (AvgIpc) is 2.82. The molecule has 20 heavy (non-hydrogen) atoms. The minimum absolute atomic E-state index is 0.0999. The fraction of sp³-hybridized carbons (Fsp3) is 0.375. The van der Waals surface area contributed by atoms with E-state index in [4.69, 9.17) is 9.47 Å². The summed E-state index contributed by atoms with van der Waals surface area (Å²) in [6.07, 6.45) is 6.89. The maximum atomic E-state index is 11.4. The molecule has 2 atom stereocenters. The van der Waals surface area contributed by atoms with E-state index in [1.54, 1.807) is 19.2 Å². The summed E-state index contributed by atoms with van der Waals surface area (Å²) < 4.78 is 11.4. The van der Waals surface area contributed by atoms with Gasteiger partial charge in [0.05, 0.1) is 25.0 Å². The quantitative estimate of drug-likeness (QED) is 0.625. The molecule has 1 unspecified atom stereocenters. The fourth-order valence-electron chi connectivity index (χ4n) is 3.28. The largest absolute Gasteiger partial charge is 0.493 e. The third-order valence-corrected chi connectivity index (χ3v) is 4.18. The molecule has 1 aliphatic heterocycles. The molecular formula is C16H15NO3. The van der Waals surface area contributed by atoms with Crippen molar-refractivity contribution in [1.29, 1.82) is 5.26 Å². The Morgan fingerprint density at radius 1 is 1.60 bits per heavy atom. The molecule has 0 fully saturated rings. The smallest absolute Gasteiger partial charge is 0.166 e. The summed E-state index contributed by atoms with van der Waals surface area (Å²) in [6, 6.07) is 5.72. The average molecular weight is 269 g/mol. The van der Waals surface area contributed by atoms with Gasteiger partial charge in [-0.3, -0.25) is 4.79 Å². The van der Waals surface area contributed by atoms with Crippen LogP contribution in [-0.2, 0) is 5.41 Å². The standard InChI is InChI=1S/C16H15NO3/c1-19-12-6-5-11(10-18)14-15(12)20-13-4-2-3-7-16(13,14)8-9-17/h3,5-7,10,13H,2,4,8H2,1H3/t13?,16-/m0/s1. The zero-order chi connectivity index (χ0) is 14.2. The van der Waals surface area contributed by atoms with E-state index < -0.39 is 5.41 Å². The van der Waals surface area contributed by atoms with Crippen LogP contribution in [0.1, 0.15) is 35.2 Å². The first-order chi connectivity index (χ1) is 9.76. The lowest BCUT2D eigenvalue weighted by Crippen LogP contribution is -2.38. The van der Waals surface area contributed by atoms with Gasteiger partial charge in [-0.05, 0) is 25.0 Å². The second-order valence-corrected chi connectivity index (χ2v) is 5.14.